The molecule has 0 fully saturated rings. The Morgan fingerprint density at radius 1 is 0.310 bits per heavy atom. The maximum absolute atomic E-state index is 13.8. The van der Waals surface area contributed by atoms with Gasteiger partial charge < -0.3 is 0 Å². The Labute approximate surface area is 247 Å². The van der Waals surface area contributed by atoms with Gasteiger partial charge in [0.25, 0.3) is 0 Å². The van der Waals surface area contributed by atoms with Crippen molar-refractivity contribution in [2.24, 2.45) is 0 Å². The zero-order valence-electron chi connectivity index (χ0n) is 23.5. The molecule has 4 aromatic rings. The van der Waals surface area contributed by atoms with Crippen molar-refractivity contribution in [3.05, 3.63) is 201 Å². The Morgan fingerprint density at radius 2 is 0.524 bits per heavy atom. The molecular weight excluding hydrogens is 512 g/mol. The molecule has 0 amide bonds. The first-order chi connectivity index (χ1) is 20.6. The van der Waals surface area contributed by atoms with E-state index in [1.165, 1.54) is 0 Å². The molecule has 0 aliphatic heterocycles. The molecule has 0 spiro atoms. The van der Waals surface area contributed by atoms with Crippen LogP contribution in [0.1, 0.15) is 22.3 Å². The normalized spacial score (nSPS) is 15.1. The summed E-state index contributed by atoms with van der Waals surface area (Å²) in [5, 5.41) is 0. The van der Waals surface area contributed by atoms with E-state index < -0.39 is 0 Å². The largest absolute Gasteiger partial charge is 0.289 e. The lowest BCUT2D eigenvalue weighted by Crippen LogP contribution is -2.17. The summed E-state index contributed by atoms with van der Waals surface area (Å²) >= 11 is 0. The van der Waals surface area contributed by atoms with Crippen molar-refractivity contribution in [1.29, 1.82) is 0 Å². The van der Waals surface area contributed by atoms with Gasteiger partial charge in [0.05, 0.1) is 0 Å². The molecule has 0 aromatic heterocycles. The molecule has 42 heavy (non-hydrogen) atoms. The molecule has 0 heterocycles. The first-order valence-electron chi connectivity index (χ1n) is 14.4. The van der Waals surface area contributed by atoms with Crippen LogP contribution in [0.2, 0.25) is 0 Å². The lowest BCUT2D eigenvalue weighted by Gasteiger charge is -2.21. The van der Waals surface area contributed by atoms with E-state index >= 15 is 0 Å². The second-order valence-electron chi connectivity index (χ2n) is 10.9. The van der Waals surface area contributed by atoms with Crippen LogP contribution in [0, 0.1) is 0 Å². The van der Waals surface area contributed by atoms with Crippen molar-refractivity contribution in [3.63, 3.8) is 0 Å². The SMILES string of the molecule is O=C1C(Cc2ccccc2)=CC(=C2C=C(Cc3ccccc3)C(=O)C(Cc3ccccc3)=C2)C=C1Cc1ccccc1. The molecule has 0 saturated carbocycles. The highest BCUT2D eigenvalue weighted by molar-refractivity contribution is 6.12. The highest BCUT2D eigenvalue weighted by Gasteiger charge is 2.25. The van der Waals surface area contributed by atoms with E-state index in [9.17, 15) is 9.59 Å². The van der Waals surface area contributed by atoms with Crippen LogP contribution in [0.5, 0.6) is 0 Å². The zero-order valence-corrected chi connectivity index (χ0v) is 23.5. The summed E-state index contributed by atoms with van der Waals surface area (Å²) in [7, 11) is 0. The van der Waals surface area contributed by atoms with Gasteiger partial charge in [-0.15, -0.1) is 0 Å². The Balaban J connectivity index is 1.46. The molecule has 2 nitrogen and oxygen atoms in total. The second-order valence-corrected chi connectivity index (χ2v) is 10.9. The third kappa shape index (κ3) is 6.45. The molecule has 0 unspecified atom stereocenters. The van der Waals surface area contributed by atoms with Crippen LogP contribution in [0.4, 0.5) is 0 Å². The van der Waals surface area contributed by atoms with E-state index in [0.717, 1.165) is 55.7 Å². The van der Waals surface area contributed by atoms with E-state index in [1.807, 2.05) is 97.1 Å². The fourth-order valence-electron chi connectivity index (χ4n) is 5.63. The van der Waals surface area contributed by atoms with Gasteiger partial charge in [0.2, 0.25) is 0 Å². The third-order valence-corrected chi connectivity index (χ3v) is 7.77. The highest BCUT2D eigenvalue weighted by Crippen LogP contribution is 2.32. The number of benzene rings is 4. The predicted octanol–water partition coefficient (Wildman–Crippen LogP) is 8.12. The Kier molecular flexibility index (Phi) is 8.14. The zero-order chi connectivity index (χ0) is 28.7. The van der Waals surface area contributed by atoms with Gasteiger partial charge in [-0.1, -0.05) is 121 Å². The summed E-state index contributed by atoms with van der Waals surface area (Å²) in [6.07, 6.45) is 10.4. The Bertz CT molecular complexity index is 1490. The molecule has 0 atom stereocenters. The average Bonchev–Trinajstić information content (AvgIpc) is 3.03. The smallest absolute Gasteiger partial charge is 0.185 e. The van der Waals surface area contributed by atoms with Gasteiger partial charge in [-0.25, -0.2) is 0 Å². The number of hydrogen-bond acceptors (Lipinski definition) is 2. The van der Waals surface area contributed by atoms with Gasteiger partial charge in [-0.3, -0.25) is 9.59 Å². The van der Waals surface area contributed by atoms with E-state index in [2.05, 4.69) is 48.5 Å². The molecule has 0 radical (unpaired) electrons. The van der Waals surface area contributed by atoms with Crippen molar-refractivity contribution in [2.75, 3.05) is 0 Å². The van der Waals surface area contributed by atoms with E-state index in [0.29, 0.717) is 25.7 Å². The Morgan fingerprint density at radius 3 is 0.738 bits per heavy atom. The molecule has 2 aliphatic carbocycles. The van der Waals surface area contributed by atoms with E-state index in [1.54, 1.807) is 0 Å². The van der Waals surface area contributed by atoms with Crippen molar-refractivity contribution in [1.82, 2.24) is 0 Å². The number of hydrogen-bond donors (Lipinski definition) is 0. The monoisotopic (exact) mass is 544 g/mol. The van der Waals surface area contributed by atoms with Crippen LogP contribution in [0.3, 0.4) is 0 Å². The quantitative estimate of drug-likeness (QED) is 0.224. The van der Waals surface area contributed by atoms with E-state index in [-0.39, 0.29) is 11.6 Å². The van der Waals surface area contributed by atoms with Gasteiger partial charge in [0, 0.05) is 48.0 Å². The van der Waals surface area contributed by atoms with Gasteiger partial charge in [-0.2, -0.15) is 0 Å². The predicted molar refractivity (Wildman–Crippen MR) is 170 cm³/mol. The summed E-state index contributed by atoms with van der Waals surface area (Å²) in [4.78, 5) is 27.6. The molecule has 0 bridgehead atoms. The average molecular weight is 545 g/mol. The molecule has 204 valence electrons. The summed E-state index contributed by atoms with van der Waals surface area (Å²) in [5.74, 6) is 0.168. The van der Waals surface area contributed by atoms with Crippen molar-refractivity contribution >= 4 is 11.6 Å². The molecule has 0 N–H and O–H groups in total. The number of Topliss-reactive ketones (excluding diaryl/α,β-unsaturated/α-hetero) is 2. The van der Waals surface area contributed by atoms with Crippen molar-refractivity contribution in [2.45, 2.75) is 25.7 Å². The molecule has 2 heteroatoms. The molecule has 6 rings (SSSR count). The van der Waals surface area contributed by atoms with Crippen LogP contribution >= 0.6 is 0 Å². The molecule has 2 aliphatic rings. The van der Waals surface area contributed by atoms with Crippen LogP contribution in [0.15, 0.2) is 179 Å². The summed E-state index contributed by atoms with van der Waals surface area (Å²) in [6, 6.07) is 40.5. The van der Waals surface area contributed by atoms with Gasteiger partial charge in [0.15, 0.2) is 11.6 Å². The van der Waals surface area contributed by atoms with Gasteiger partial charge >= 0.3 is 0 Å². The topological polar surface area (TPSA) is 34.1 Å². The minimum atomic E-state index is 0.0842. The number of ketones is 2. The summed E-state index contributed by atoms with van der Waals surface area (Å²) < 4.78 is 0. The van der Waals surface area contributed by atoms with Crippen molar-refractivity contribution < 1.29 is 9.59 Å². The minimum Gasteiger partial charge on any atom is -0.289 e. The Hall–Kier alpha value is -5.08. The number of allylic oxidation sites excluding steroid dienone is 10. The second kappa shape index (κ2) is 12.6. The molecular formula is C40H32O2. The van der Waals surface area contributed by atoms with Crippen molar-refractivity contribution in [3.8, 4) is 0 Å². The lowest BCUT2D eigenvalue weighted by molar-refractivity contribution is -0.113. The maximum atomic E-state index is 13.8. The number of carbonyl (C=O) groups is 2. The lowest BCUT2D eigenvalue weighted by atomic mass is 9.82. The van der Waals surface area contributed by atoms with Crippen LogP contribution < -0.4 is 0 Å². The first kappa shape index (κ1) is 27.1. The minimum absolute atomic E-state index is 0.0842. The first-order valence-corrected chi connectivity index (χ1v) is 14.4. The third-order valence-electron chi connectivity index (χ3n) is 7.77. The van der Waals surface area contributed by atoms with Gasteiger partial charge in [0.1, 0.15) is 0 Å². The molecule has 4 aromatic carbocycles. The standard InChI is InChI=1S/C40H32O2/c41-39-35(21-29-13-5-1-6-14-29)25-33(26-36(39)22-30-15-7-2-8-16-30)34-27-37(23-31-17-9-3-10-18-31)40(42)38(28-34)24-32-19-11-4-12-20-32/h1-20,25-28H,21-24H2. The fraction of sp³-hybridized carbons (Fsp3) is 0.100. The van der Waals surface area contributed by atoms with E-state index in [4.69, 9.17) is 0 Å². The van der Waals surface area contributed by atoms with Crippen LogP contribution in [-0.4, -0.2) is 11.6 Å². The molecule has 0 saturated heterocycles. The van der Waals surface area contributed by atoms with Crippen LogP contribution in [-0.2, 0) is 35.3 Å². The summed E-state index contributed by atoms with van der Waals surface area (Å²) in [6.45, 7) is 0. The fourth-order valence-corrected chi connectivity index (χ4v) is 5.63. The van der Waals surface area contributed by atoms with Crippen LogP contribution in [0.25, 0.3) is 0 Å². The number of rotatable bonds is 8. The maximum Gasteiger partial charge on any atom is 0.185 e. The highest BCUT2D eigenvalue weighted by atomic mass is 16.1. The number of carbonyl (C=O) groups excluding carboxylic acids is 2. The summed E-state index contributed by atoms with van der Waals surface area (Å²) in [5.41, 5.74) is 9.41. The van der Waals surface area contributed by atoms with Gasteiger partial charge in [-0.05, 0) is 57.7 Å².